The van der Waals surface area contributed by atoms with Gasteiger partial charge in [0.25, 0.3) is 0 Å². The third kappa shape index (κ3) is 5.77. The van der Waals surface area contributed by atoms with Crippen molar-refractivity contribution < 1.29 is 13.2 Å². The van der Waals surface area contributed by atoms with Crippen molar-refractivity contribution in [2.45, 2.75) is 13.5 Å². The van der Waals surface area contributed by atoms with Gasteiger partial charge in [0.2, 0.25) is 0 Å². The van der Waals surface area contributed by atoms with E-state index in [-0.39, 0.29) is 18.1 Å². The highest BCUT2D eigenvalue weighted by Crippen LogP contribution is 2.17. The first kappa shape index (κ1) is 15.5. The van der Waals surface area contributed by atoms with Gasteiger partial charge in [0, 0.05) is 24.4 Å². The molecule has 0 aliphatic heterocycles. The van der Waals surface area contributed by atoms with Crippen molar-refractivity contribution in [1.82, 2.24) is 5.32 Å². The third-order valence-corrected chi connectivity index (χ3v) is 4.33. The van der Waals surface area contributed by atoms with E-state index in [2.05, 4.69) is 11.2 Å². The lowest BCUT2D eigenvalue weighted by molar-refractivity contribution is 0.365. The Balaban J connectivity index is 2.47. The van der Waals surface area contributed by atoms with E-state index < -0.39 is 9.84 Å². The Kier molecular flexibility index (Phi) is 6.40. The maximum Gasteiger partial charge on any atom is 0.151 e. The molecule has 0 atom stereocenters. The number of ether oxygens (including phenoxy) is 1. The zero-order valence-electron chi connectivity index (χ0n) is 11.1. The first-order valence-electron chi connectivity index (χ1n) is 6.14. The van der Waals surface area contributed by atoms with Crippen molar-refractivity contribution in [2.75, 3.05) is 24.7 Å². The molecular formula is C14H19NO3S. The van der Waals surface area contributed by atoms with E-state index in [0.29, 0.717) is 13.1 Å². The Morgan fingerprint density at radius 3 is 2.79 bits per heavy atom. The van der Waals surface area contributed by atoms with E-state index >= 15 is 0 Å². The van der Waals surface area contributed by atoms with Crippen LogP contribution in [0.2, 0.25) is 0 Å². The maximum absolute atomic E-state index is 11.3. The van der Waals surface area contributed by atoms with Gasteiger partial charge < -0.3 is 10.1 Å². The summed E-state index contributed by atoms with van der Waals surface area (Å²) in [5.41, 5.74) is 0.964. The second-order valence-corrected chi connectivity index (χ2v) is 6.49. The molecule has 0 aliphatic rings. The SMILES string of the molecule is C#CCOc1ccccc1CNCCS(=O)(=O)CC. The normalized spacial score (nSPS) is 10.9. The Morgan fingerprint density at radius 1 is 1.37 bits per heavy atom. The minimum atomic E-state index is -2.92. The van der Waals surface area contributed by atoms with Crippen molar-refractivity contribution in [3.05, 3.63) is 29.8 Å². The van der Waals surface area contributed by atoms with Gasteiger partial charge in [0.05, 0.1) is 5.75 Å². The molecule has 4 nitrogen and oxygen atoms in total. The number of hydrogen-bond donors (Lipinski definition) is 1. The van der Waals surface area contributed by atoms with Gasteiger partial charge >= 0.3 is 0 Å². The van der Waals surface area contributed by atoms with Gasteiger partial charge in [0.1, 0.15) is 12.4 Å². The third-order valence-electron chi connectivity index (χ3n) is 2.63. The van der Waals surface area contributed by atoms with Gasteiger partial charge in [-0.2, -0.15) is 0 Å². The zero-order chi connectivity index (χ0) is 14.1. The highest BCUT2D eigenvalue weighted by atomic mass is 32.2. The number of sulfone groups is 1. The van der Waals surface area contributed by atoms with E-state index in [1.807, 2.05) is 24.3 Å². The summed E-state index contributed by atoms with van der Waals surface area (Å²) in [4.78, 5) is 0. The van der Waals surface area contributed by atoms with E-state index in [0.717, 1.165) is 11.3 Å². The lowest BCUT2D eigenvalue weighted by Gasteiger charge is -2.10. The lowest BCUT2D eigenvalue weighted by Crippen LogP contribution is -2.23. The monoisotopic (exact) mass is 281 g/mol. The van der Waals surface area contributed by atoms with Crippen molar-refractivity contribution >= 4 is 9.84 Å². The average molecular weight is 281 g/mol. The van der Waals surface area contributed by atoms with Crippen LogP contribution in [0.4, 0.5) is 0 Å². The highest BCUT2D eigenvalue weighted by molar-refractivity contribution is 7.91. The zero-order valence-corrected chi connectivity index (χ0v) is 11.9. The molecule has 0 spiro atoms. The average Bonchev–Trinajstić information content (AvgIpc) is 2.42. The smallest absolute Gasteiger partial charge is 0.151 e. The summed E-state index contributed by atoms with van der Waals surface area (Å²) in [7, 11) is -2.92. The summed E-state index contributed by atoms with van der Waals surface area (Å²) in [5.74, 6) is 3.47. The van der Waals surface area contributed by atoms with Crippen molar-refractivity contribution in [3.63, 3.8) is 0 Å². The molecule has 0 radical (unpaired) electrons. The second-order valence-electron chi connectivity index (χ2n) is 4.01. The molecule has 0 heterocycles. The van der Waals surface area contributed by atoms with Crippen LogP contribution in [0, 0.1) is 12.3 Å². The first-order valence-corrected chi connectivity index (χ1v) is 7.96. The summed E-state index contributed by atoms with van der Waals surface area (Å²) in [5, 5.41) is 3.10. The van der Waals surface area contributed by atoms with Crippen LogP contribution in [0.25, 0.3) is 0 Å². The fourth-order valence-electron chi connectivity index (χ4n) is 1.51. The van der Waals surface area contributed by atoms with Gasteiger partial charge in [-0.05, 0) is 6.07 Å². The van der Waals surface area contributed by atoms with E-state index in [1.165, 1.54) is 0 Å². The van der Waals surface area contributed by atoms with Crippen LogP contribution >= 0.6 is 0 Å². The highest BCUT2D eigenvalue weighted by Gasteiger charge is 2.07. The predicted molar refractivity (Wildman–Crippen MR) is 76.8 cm³/mol. The van der Waals surface area contributed by atoms with Crippen LogP contribution in [0.1, 0.15) is 12.5 Å². The van der Waals surface area contributed by atoms with Crippen LogP contribution in [-0.4, -0.2) is 33.1 Å². The Morgan fingerprint density at radius 2 is 2.11 bits per heavy atom. The van der Waals surface area contributed by atoms with Gasteiger partial charge in [-0.3, -0.25) is 0 Å². The van der Waals surface area contributed by atoms with Gasteiger partial charge in [-0.1, -0.05) is 31.0 Å². The molecule has 0 amide bonds. The first-order chi connectivity index (χ1) is 9.09. The minimum absolute atomic E-state index is 0.150. The standard InChI is InChI=1S/C14H19NO3S/c1-3-10-18-14-8-6-5-7-13(14)12-15-9-11-19(16,17)4-2/h1,5-8,15H,4,9-12H2,2H3. The van der Waals surface area contributed by atoms with Gasteiger partial charge in [-0.15, -0.1) is 6.42 Å². The molecular weight excluding hydrogens is 262 g/mol. The molecule has 1 N–H and O–H groups in total. The largest absolute Gasteiger partial charge is 0.481 e. The number of nitrogens with one attached hydrogen (secondary N) is 1. The van der Waals surface area contributed by atoms with Crippen LogP contribution in [0.5, 0.6) is 5.75 Å². The maximum atomic E-state index is 11.3. The summed E-state index contributed by atoms with van der Waals surface area (Å²) < 4.78 is 28.1. The molecule has 0 saturated heterocycles. The molecule has 0 saturated carbocycles. The fourth-order valence-corrected chi connectivity index (χ4v) is 2.25. The van der Waals surface area contributed by atoms with E-state index in [1.54, 1.807) is 6.92 Å². The molecule has 0 fully saturated rings. The van der Waals surface area contributed by atoms with E-state index in [9.17, 15) is 8.42 Å². The van der Waals surface area contributed by atoms with Crippen LogP contribution in [0.15, 0.2) is 24.3 Å². The second kappa shape index (κ2) is 7.82. The molecule has 0 unspecified atom stereocenters. The molecule has 5 heteroatoms. The van der Waals surface area contributed by atoms with Gasteiger partial charge in [0.15, 0.2) is 9.84 Å². The summed E-state index contributed by atoms with van der Waals surface area (Å²) in [6, 6.07) is 7.55. The molecule has 1 aromatic rings. The molecule has 104 valence electrons. The van der Waals surface area contributed by atoms with E-state index in [4.69, 9.17) is 11.2 Å². The molecule has 19 heavy (non-hydrogen) atoms. The number of para-hydroxylation sites is 1. The van der Waals surface area contributed by atoms with Crippen LogP contribution in [-0.2, 0) is 16.4 Å². The topological polar surface area (TPSA) is 55.4 Å². The van der Waals surface area contributed by atoms with Crippen molar-refractivity contribution in [2.24, 2.45) is 0 Å². The quantitative estimate of drug-likeness (QED) is 0.575. The Labute approximate surface area is 115 Å². The number of terminal acetylenes is 1. The lowest BCUT2D eigenvalue weighted by atomic mass is 10.2. The van der Waals surface area contributed by atoms with Gasteiger partial charge in [-0.25, -0.2) is 8.42 Å². The van der Waals surface area contributed by atoms with Crippen LogP contribution in [0.3, 0.4) is 0 Å². The summed E-state index contributed by atoms with van der Waals surface area (Å²) in [6.45, 7) is 2.86. The molecule has 0 aromatic heterocycles. The Bertz CT molecular complexity index is 532. The minimum Gasteiger partial charge on any atom is -0.481 e. The predicted octanol–water partition coefficient (Wildman–Crippen LogP) is 1.22. The van der Waals surface area contributed by atoms with Crippen molar-refractivity contribution in [3.8, 4) is 18.1 Å². The molecule has 1 aromatic carbocycles. The van der Waals surface area contributed by atoms with Crippen molar-refractivity contribution in [1.29, 1.82) is 0 Å². The molecule has 1 rings (SSSR count). The number of benzene rings is 1. The Hall–Kier alpha value is -1.51. The summed E-state index contributed by atoms with van der Waals surface area (Å²) in [6.07, 6.45) is 5.15. The number of hydrogen-bond acceptors (Lipinski definition) is 4. The number of rotatable bonds is 8. The summed E-state index contributed by atoms with van der Waals surface area (Å²) >= 11 is 0. The molecule has 0 bridgehead atoms. The molecule has 0 aliphatic carbocycles. The van der Waals surface area contributed by atoms with Crippen LogP contribution < -0.4 is 10.1 Å². The fraction of sp³-hybridized carbons (Fsp3) is 0.429.